The lowest BCUT2D eigenvalue weighted by Gasteiger charge is -2.26. The molecule has 1 aliphatic heterocycles. The van der Waals surface area contributed by atoms with Gasteiger partial charge in [-0.3, -0.25) is 14.5 Å². The Labute approximate surface area is 199 Å². The maximum Gasteiger partial charge on any atom is 0.300 e. The molecule has 1 N–H and O–H groups in total. The second kappa shape index (κ2) is 9.83. The fraction of sp³-hybridized carbons (Fsp3) is 0.214. The van der Waals surface area contributed by atoms with Crippen molar-refractivity contribution in [1.82, 2.24) is 0 Å². The van der Waals surface area contributed by atoms with Crippen LogP contribution in [0.1, 0.15) is 36.1 Å². The Morgan fingerprint density at radius 1 is 0.971 bits per heavy atom. The minimum Gasteiger partial charge on any atom is -0.507 e. The van der Waals surface area contributed by atoms with Gasteiger partial charge in [0.2, 0.25) is 0 Å². The van der Waals surface area contributed by atoms with E-state index in [1.54, 1.807) is 61.7 Å². The molecule has 1 heterocycles. The summed E-state index contributed by atoms with van der Waals surface area (Å²) in [5.74, 6) is -0.431. The van der Waals surface area contributed by atoms with Crippen molar-refractivity contribution in [2.75, 3.05) is 18.6 Å². The molecule has 4 rings (SSSR count). The average molecular weight is 458 g/mol. The molecule has 0 spiro atoms. The SMILES string of the molecule is CCCOc1cccc(/C(O)=C2\C(=O)C(=O)N(c3cccc(C)c3)C2c2ccc(OC)cc2)c1. The first-order chi connectivity index (χ1) is 16.4. The van der Waals surface area contributed by atoms with Crippen LogP contribution >= 0.6 is 0 Å². The second-order valence-corrected chi connectivity index (χ2v) is 8.16. The highest BCUT2D eigenvalue weighted by atomic mass is 16.5. The van der Waals surface area contributed by atoms with Gasteiger partial charge in [-0.25, -0.2) is 0 Å². The lowest BCUT2D eigenvalue weighted by atomic mass is 9.95. The molecule has 174 valence electrons. The highest BCUT2D eigenvalue weighted by molar-refractivity contribution is 6.51. The van der Waals surface area contributed by atoms with Crippen LogP contribution in [-0.2, 0) is 9.59 Å². The highest BCUT2D eigenvalue weighted by Gasteiger charge is 2.47. The third-order valence-electron chi connectivity index (χ3n) is 5.74. The second-order valence-electron chi connectivity index (χ2n) is 8.16. The average Bonchev–Trinajstić information content (AvgIpc) is 3.12. The number of carbonyl (C=O) groups excluding carboxylic acids is 2. The van der Waals surface area contributed by atoms with E-state index >= 15 is 0 Å². The van der Waals surface area contributed by atoms with Crippen molar-refractivity contribution in [3.63, 3.8) is 0 Å². The Balaban J connectivity index is 1.88. The number of carbonyl (C=O) groups is 2. The zero-order chi connectivity index (χ0) is 24.2. The third-order valence-corrected chi connectivity index (χ3v) is 5.74. The summed E-state index contributed by atoms with van der Waals surface area (Å²) in [6.07, 6.45) is 0.843. The van der Waals surface area contributed by atoms with Crippen molar-refractivity contribution >= 4 is 23.1 Å². The number of hydrogen-bond donors (Lipinski definition) is 1. The van der Waals surface area contributed by atoms with Crippen LogP contribution in [0.2, 0.25) is 0 Å². The molecule has 0 bridgehead atoms. The normalized spacial score (nSPS) is 17.1. The molecule has 1 unspecified atom stereocenters. The summed E-state index contributed by atoms with van der Waals surface area (Å²) in [6, 6.07) is 20.6. The molecule has 6 nitrogen and oxygen atoms in total. The van der Waals surface area contributed by atoms with Gasteiger partial charge in [-0.1, -0.05) is 43.3 Å². The number of Topliss-reactive ketones (excluding diaryl/α,β-unsaturated/α-hetero) is 1. The van der Waals surface area contributed by atoms with Gasteiger partial charge in [0, 0.05) is 11.3 Å². The number of anilines is 1. The number of amides is 1. The summed E-state index contributed by atoms with van der Waals surface area (Å²) in [7, 11) is 1.57. The number of methoxy groups -OCH3 is 1. The first-order valence-corrected chi connectivity index (χ1v) is 11.2. The summed E-state index contributed by atoms with van der Waals surface area (Å²) < 4.78 is 11.0. The lowest BCUT2D eigenvalue weighted by Crippen LogP contribution is -2.29. The molecule has 6 heteroatoms. The van der Waals surface area contributed by atoms with E-state index in [1.165, 1.54) is 4.90 Å². The number of aliphatic hydroxyl groups excluding tert-OH is 1. The number of ketones is 1. The van der Waals surface area contributed by atoms with Crippen molar-refractivity contribution in [3.8, 4) is 11.5 Å². The number of aryl methyl sites for hydroxylation is 1. The topological polar surface area (TPSA) is 76.1 Å². The number of nitrogens with zero attached hydrogens (tertiary/aromatic N) is 1. The van der Waals surface area contributed by atoms with Crippen LogP contribution in [0.5, 0.6) is 11.5 Å². The Morgan fingerprint density at radius 2 is 1.71 bits per heavy atom. The molecule has 0 saturated carbocycles. The molecule has 0 aliphatic carbocycles. The van der Waals surface area contributed by atoms with Gasteiger partial charge in [-0.15, -0.1) is 0 Å². The number of rotatable bonds is 7. The molecule has 0 radical (unpaired) electrons. The summed E-state index contributed by atoms with van der Waals surface area (Å²) in [5.41, 5.74) is 2.66. The molecular weight excluding hydrogens is 430 g/mol. The van der Waals surface area contributed by atoms with Gasteiger partial charge >= 0.3 is 0 Å². The predicted molar refractivity (Wildman–Crippen MR) is 131 cm³/mol. The Hall–Kier alpha value is -4.06. The van der Waals surface area contributed by atoms with Gasteiger partial charge in [0.25, 0.3) is 11.7 Å². The van der Waals surface area contributed by atoms with Crippen LogP contribution in [-0.4, -0.2) is 30.5 Å². The molecule has 1 atom stereocenters. The van der Waals surface area contributed by atoms with Crippen LogP contribution < -0.4 is 14.4 Å². The molecule has 3 aromatic carbocycles. The first-order valence-electron chi connectivity index (χ1n) is 11.2. The highest BCUT2D eigenvalue weighted by Crippen LogP contribution is 2.42. The molecular formula is C28H27NO5. The van der Waals surface area contributed by atoms with Gasteiger partial charge in [0.1, 0.15) is 17.3 Å². The van der Waals surface area contributed by atoms with Crippen LogP contribution in [0, 0.1) is 6.92 Å². The first kappa shape index (κ1) is 23.1. The smallest absolute Gasteiger partial charge is 0.300 e. The standard InChI is InChI=1S/C28H27NO5/c1-4-15-34-23-10-6-8-20(17-23)26(30)24-25(19-11-13-22(33-3)14-12-19)29(28(32)27(24)31)21-9-5-7-18(2)16-21/h5-14,16-17,25,30H,4,15H2,1-3H3/b26-24+. The van der Waals surface area contributed by atoms with Crippen LogP contribution in [0.15, 0.2) is 78.4 Å². The Morgan fingerprint density at radius 3 is 2.38 bits per heavy atom. The van der Waals surface area contributed by atoms with E-state index in [0.29, 0.717) is 34.9 Å². The number of benzene rings is 3. The van der Waals surface area contributed by atoms with E-state index in [9.17, 15) is 14.7 Å². The number of ether oxygens (including phenoxy) is 2. The summed E-state index contributed by atoms with van der Waals surface area (Å²) in [4.78, 5) is 28.0. The molecule has 1 saturated heterocycles. The largest absolute Gasteiger partial charge is 0.507 e. The summed E-state index contributed by atoms with van der Waals surface area (Å²) in [5, 5.41) is 11.3. The van der Waals surface area contributed by atoms with Crippen molar-refractivity contribution in [2.24, 2.45) is 0 Å². The molecule has 1 aliphatic rings. The molecule has 3 aromatic rings. The van der Waals surface area contributed by atoms with E-state index in [-0.39, 0.29) is 11.3 Å². The quantitative estimate of drug-likeness (QED) is 0.291. The van der Waals surface area contributed by atoms with E-state index in [2.05, 4.69) is 0 Å². The maximum atomic E-state index is 13.3. The van der Waals surface area contributed by atoms with Gasteiger partial charge in [0.15, 0.2) is 0 Å². The van der Waals surface area contributed by atoms with E-state index in [0.717, 1.165) is 12.0 Å². The lowest BCUT2D eigenvalue weighted by molar-refractivity contribution is -0.132. The van der Waals surface area contributed by atoms with Gasteiger partial charge < -0.3 is 14.6 Å². The molecule has 0 aromatic heterocycles. The molecule has 1 fully saturated rings. The zero-order valence-corrected chi connectivity index (χ0v) is 19.4. The predicted octanol–water partition coefficient (Wildman–Crippen LogP) is 5.42. The van der Waals surface area contributed by atoms with Gasteiger partial charge in [0.05, 0.1) is 25.3 Å². The number of hydrogen-bond acceptors (Lipinski definition) is 5. The van der Waals surface area contributed by atoms with Crippen molar-refractivity contribution in [2.45, 2.75) is 26.3 Å². The fourth-order valence-corrected chi connectivity index (χ4v) is 4.09. The van der Waals surface area contributed by atoms with Gasteiger partial charge in [-0.2, -0.15) is 0 Å². The van der Waals surface area contributed by atoms with E-state index < -0.39 is 17.7 Å². The van der Waals surface area contributed by atoms with Crippen molar-refractivity contribution in [1.29, 1.82) is 0 Å². The van der Waals surface area contributed by atoms with Crippen LogP contribution in [0.25, 0.3) is 5.76 Å². The number of aliphatic hydroxyl groups is 1. The Bertz CT molecular complexity index is 1250. The molecule has 1 amide bonds. The Kier molecular flexibility index (Phi) is 6.68. The zero-order valence-electron chi connectivity index (χ0n) is 19.4. The van der Waals surface area contributed by atoms with Crippen molar-refractivity contribution in [3.05, 3.63) is 95.1 Å². The van der Waals surface area contributed by atoms with E-state index in [4.69, 9.17) is 9.47 Å². The minimum atomic E-state index is -0.798. The monoisotopic (exact) mass is 457 g/mol. The summed E-state index contributed by atoms with van der Waals surface area (Å²) >= 11 is 0. The maximum absolute atomic E-state index is 13.3. The summed E-state index contributed by atoms with van der Waals surface area (Å²) in [6.45, 7) is 4.46. The fourth-order valence-electron chi connectivity index (χ4n) is 4.09. The minimum absolute atomic E-state index is 0.0318. The van der Waals surface area contributed by atoms with E-state index in [1.807, 2.05) is 32.0 Å². The van der Waals surface area contributed by atoms with Crippen molar-refractivity contribution < 1.29 is 24.2 Å². The third kappa shape index (κ3) is 4.39. The van der Waals surface area contributed by atoms with Gasteiger partial charge in [-0.05, 0) is 60.9 Å². The van der Waals surface area contributed by atoms with Crippen LogP contribution in [0.3, 0.4) is 0 Å². The molecule has 34 heavy (non-hydrogen) atoms. The van der Waals surface area contributed by atoms with Crippen LogP contribution in [0.4, 0.5) is 5.69 Å².